The fraction of sp³-hybridized carbons (Fsp3) is 0.333. The summed E-state index contributed by atoms with van der Waals surface area (Å²) in [4.78, 5) is 16.8. The van der Waals surface area contributed by atoms with Gasteiger partial charge in [0.1, 0.15) is 0 Å². The molecule has 0 saturated carbocycles. The molecule has 2 heterocycles. The summed E-state index contributed by atoms with van der Waals surface area (Å²) in [5, 5.41) is 6.35. The average molecular weight is 295 g/mol. The minimum atomic E-state index is -0.0752. The van der Waals surface area contributed by atoms with E-state index in [4.69, 9.17) is 0 Å². The molecular formula is C18H21N3O. The van der Waals surface area contributed by atoms with E-state index in [0.717, 1.165) is 43.0 Å². The molecule has 1 aliphatic heterocycles. The van der Waals surface area contributed by atoms with Crippen LogP contribution in [0.1, 0.15) is 32.9 Å². The Morgan fingerprint density at radius 1 is 1.09 bits per heavy atom. The van der Waals surface area contributed by atoms with Crippen molar-refractivity contribution in [2.24, 2.45) is 0 Å². The molecule has 1 aromatic carbocycles. The molecule has 0 aliphatic carbocycles. The molecule has 0 bridgehead atoms. The SMILES string of the molecule is Cc1ccc(NC(=O)c2ccc3c(c2)CCNCC3)c(C)n1. The lowest BCUT2D eigenvalue weighted by Crippen LogP contribution is -2.16. The Morgan fingerprint density at radius 2 is 1.86 bits per heavy atom. The third kappa shape index (κ3) is 3.17. The highest BCUT2D eigenvalue weighted by atomic mass is 16.1. The van der Waals surface area contributed by atoms with Crippen molar-refractivity contribution < 1.29 is 4.79 Å². The Kier molecular flexibility index (Phi) is 4.20. The number of aryl methyl sites for hydroxylation is 2. The highest BCUT2D eigenvalue weighted by molar-refractivity contribution is 6.04. The number of aromatic nitrogens is 1. The van der Waals surface area contributed by atoms with Gasteiger partial charge in [0.15, 0.2) is 0 Å². The molecule has 1 aliphatic rings. The van der Waals surface area contributed by atoms with Crippen molar-refractivity contribution in [1.29, 1.82) is 0 Å². The summed E-state index contributed by atoms with van der Waals surface area (Å²) in [5.41, 5.74) is 5.89. The largest absolute Gasteiger partial charge is 0.320 e. The molecule has 114 valence electrons. The van der Waals surface area contributed by atoms with Crippen molar-refractivity contribution in [2.75, 3.05) is 18.4 Å². The molecule has 1 aromatic heterocycles. The molecule has 0 fully saturated rings. The van der Waals surface area contributed by atoms with E-state index >= 15 is 0 Å². The van der Waals surface area contributed by atoms with Crippen molar-refractivity contribution in [3.05, 3.63) is 58.4 Å². The first kappa shape index (κ1) is 14.7. The van der Waals surface area contributed by atoms with Crippen molar-refractivity contribution >= 4 is 11.6 Å². The van der Waals surface area contributed by atoms with Gasteiger partial charge in [-0.15, -0.1) is 0 Å². The van der Waals surface area contributed by atoms with Crippen molar-refractivity contribution in [3.63, 3.8) is 0 Å². The standard InChI is InChI=1S/C18H21N3O/c1-12-3-6-17(13(2)20-12)21-18(22)16-5-4-14-7-9-19-10-8-15(14)11-16/h3-6,11,19H,7-10H2,1-2H3,(H,21,22). The predicted octanol–water partition coefficient (Wildman–Crippen LogP) is 2.64. The van der Waals surface area contributed by atoms with Gasteiger partial charge < -0.3 is 10.6 Å². The number of hydrogen-bond donors (Lipinski definition) is 2. The van der Waals surface area contributed by atoms with Gasteiger partial charge in [0.05, 0.1) is 11.4 Å². The Hall–Kier alpha value is -2.20. The molecular weight excluding hydrogens is 274 g/mol. The zero-order valence-corrected chi connectivity index (χ0v) is 13.1. The fourth-order valence-corrected chi connectivity index (χ4v) is 2.83. The van der Waals surface area contributed by atoms with Gasteiger partial charge in [0, 0.05) is 11.3 Å². The van der Waals surface area contributed by atoms with Gasteiger partial charge in [0.25, 0.3) is 5.91 Å². The van der Waals surface area contributed by atoms with Gasteiger partial charge in [-0.3, -0.25) is 9.78 Å². The van der Waals surface area contributed by atoms with Crippen LogP contribution in [0.3, 0.4) is 0 Å². The number of nitrogens with one attached hydrogen (secondary N) is 2. The average Bonchev–Trinajstić information content (AvgIpc) is 2.74. The van der Waals surface area contributed by atoms with E-state index in [1.54, 1.807) is 0 Å². The second-order valence-electron chi connectivity index (χ2n) is 5.77. The highest BCUT2D eigenvalue weighted by Gasteiger charge is 2.13. The molecule has 0 spiro atoms. The molecule has 0 atom stereocenters. The van der Waals surface area contributed by atoms with Crippen LogP contribution in [0.5, 0.6) is 0 Å². The maximum Gasteiger partial charge on any atom is 0.255 e. The third-order valence-corrected chi connectivity index (χ3v) is 4.08. The molecule has 3 rings (SSSR count). The Balaban J connectivity index is 1.81. The lowest BCUT2D eigenvalue weighted by atomic mass is 10.00. The molecule has 4 heteroatoms. The van der Waals surface area contributed by atoms with E-state index in [0.29, 0.717) is 5.56 Å². The quantitative estimate of drug-likeness (QED) is 0.895. The van der Waals surface area contributed by atoms with Crippen LogP contribution >= 0.6 is 0 Å². The number of anilines is 1. The molecule has 1 amide bonds. The molecule has 2 N–H and O–H groups in total. The maximum absolute atomic E-state index is 12.5. The lowest BCUT2D eigenvalue weighted by Gasteiger charge is -2.11. The first-order valence-corrected chi connectivity index (χ1v) is 7.71. The minimum absolute atomic E-state index is 0.0752. The van der Waals surface area contributed by atoms with Gasteiger partial charge in [-0.05, 0) is 75.2 Å². The first-order valence-electron chi connectivity index (χ1n) is 7.71. The second kappa shape index (κ2) is 6.28. The second-order valence-corrected chi connectivity index (χ2v) is 5.77. The van der Waals surface area contributed by atoms with Gasteiger partial charge >= 0.3 is 0 Å². The van der Waals surface area contributed by atoms with Crippen molar-refractivity contribution in [3.8, 4) is 0 Å². The van der Waals surface area contributed by atoms with Crippen LogP contribution < -0.4 is 10.6 Å². The zero-order valence-electron chi connectivity index (χ0n) is 13.1. The van der Waals surface area contributed by atoms with Crippen LogP contribution in [-0.4, -0.2) is 24.0 Å². The summed E-state index contributed by atoms with van der Waals surface area (Å²) < 4.78 is 0. The number of hydrogen-bond acceptors (Lipinski definition) is 3. The number of nitrogens with zero attached hydrogens (tertiary/aromatic N) is 1. The zero-order chi connectivity index (χ0) is 15.5. The number of benzene rings is 1. The monoisotopic (exact) mass is 295 g/mol. The lowest BCUT2D eigenvalue weighted by molar-refractivity contribution is 0.102. The topological polar surface area (TPSA) is 54.0 Å². The van der Waals surface area contributed by atoms with E-state index in [2.05, 4.69) is 21.7 Å². The normalized spacial score (nSPS) is 14.1. The molecule has 4 nitrogen and oxygen atoms in total. The molecule has 0 unspecified atom stereocenters. The maximum atomic E-state index is 12.5. The predicted molar refractivity (Wildman–Crippen MR) is 88.4 cm³/mol. The number of pyridine rings is 1. The Labute approximate surface area is 131 Å². The Bertz CT molecular complexity index is 709. The number of carbonyl (C=O) groups excluding carboxylic acids is 1. The van der Waals surface area contributed by atoms with Crippen LogP contribution in [0.25, 0.3) is 0 Å². The molecule has 0 saturated heterocycles. The number of amides is 1. The van der Waals surface area contributed by atoms with E-state index in [-0.39, 0.29) is 5.91 Å². The van der Waals surface area contributed by atoms with Crippen LogP contribution in [0.4, 0.5) is 5.69 Å². The number of fused-ring (bicyclic) bond motifs is 1. The van der Waals surface area contributed by atoms with Crippen LogP contribution in [0, 0.1) is 13.8 Å². The highest BCUT2D eigenvalue weighted by Crippen LogP contribution is 2.18. The Morgan fingerprint density at radius 3 is 2.64 bits per heavy atom. The summed E-state index contributed by atoms with van der Waals surface area (Å²) in [6.45, 7) is 5.83. The summed E-state index contributed by atoms with van der Waals surface area (Å²) >= 11 is 0. The van der Waals surface area contributed by atoms with E-state index in [9.17, 15) is 4.79 Å². The van der Waals surface area contributed by atoms with E-state index < -0.39 is 0 Å². The van der Waals surface area contributed by atoms with E-state index in [1.165, 1.54) is 11.1 Å². The van der Waals surface area contributed by atoms with Gasteiger partial charge in [-0.2, -0.15) is 0 Å². The number of carbonyl (C=O) groups is 1. The van der Waals surface area contributed by atoms with Crippen molar-refractivity contribution in [1.82, 2.24) is 10.3 Å². The molecule has 22 heavy (non-hydrogen) atoms. The minimum Gasteiger partial charge on any atom is -0.320 e. The van der Waals surface area contributed by atoms with Gasteiger partial charge in [-0.1, -0.05) is 6.07 Å². The van der Waals surface area contributed by atoms with E-state index in [1.807, 2.05) is 38.1 Å². The van der Waals surface area contributed by atoms with Crippen LogP contribution in [0.15, 0.2) is 30.3 Å². The van der Waals surface area contributed by atoms with Crippen molar-refractivity contribution in [2.45, 2.75) is 26.7 Å². The summed E-state index contributed by atoms with van der Waals surface area (Å²) in [6, 6.07) is 9.83. The van der Waals surface area contributed by atoms with Gasteiger partial charge in [0.2, 0.25) is 0 Å². The van der Waals surface area contributed by atoms with Crippen LogP contribution in [-0.2, 0) is 12.8 Å². The molecule has 0 radical (unpaired) electrons. The van der Waals surface area contributed by atoms with Gasteiger partial charge in [-0.25, -0.2) is 0 Å². The van der Waals surface area contributed by atoms with Crippen LogP contribution in [0.2, 0.25) is 0 Å². The first-order chi connectivity index (χ1) is 10.6. The molecule has 2 aromatic rings. The summed E-state index contributed by atoms with van der Waals surface area (Å²) in [6.07, 6.45) is 2.00. The fourth-order valence-electron chi connectivity index (χ4n) is 2.83. The smallest absolute Gasteiger partial charge is 0.255 e. The summed E-state index contributed by atoms with van der Waals surface area (Å²) in [5.74, 6) is -0.0752. The summed E-state index contributed by atoms with van der Waals surface area (Å²) in [7, 11) is 0. The third-order valence-electron chi connectivity index (χ3n) is 4.08. The number of rotatable bonds is 2.